The average molecular weight is 423 g/mol. The summed E-state index contributed by atoms with van der Waals surface area (Å²) in [7, 11) is 0. The van der Waals surface area contributed by atoms with Gasteiger partial charge >= 0.3 is 0 Å². The molecule has 0 spiro atoms. The second-order valence-electron chi connectivity index (χ2n) is 7.88. The first-order valence-corrected chi connectivity index (χ1v) is 10.9. The van der Waals surface area contributed by atoms with Crippen LogP contribution in [0.2, 0.25) is 0 Å². The van der Waals surface area contributed by atoms with Crippen LogP contribution in [0.15, 0.2) is 18.2 Å². The van der Waals surface area contributed by atoms with E-state index in [0.717, 1.165) is 44.1 Å². The lowest BCUT2D eigenvalue weighted by Gasteiger charge is -2.31. The van der Waals surface area contributed by atoms with E-state index >= 15 is 0 Å². The second-order valence-corrected chi connectivity index (χ2v) is 7.88. The second kappa shape index (κ2) is 11.8. The summed E-state index contributed by atoms with van der Waals surface area (Å²) < 4.78 is 27.2. The van der Waals surface area contributed by atoms with Crippen LogP contribution in [0, 0.1) is 17.6 Å². The number of piperidine rings is 1. The van der Waals surface area contributed by atoms with Crippen LogP contribution < -0.4 is 0 Å². The van der Waals surface area contributed by atoms with Gasteiger partial charge in [0.15, 0.2) is 5.78 Å². The number of carbonyl (C=O) groups is 3. The predicted octanol–water partition coefficient (Wildman–Crippen LogP) is 4.21. The lowest BCUT2D eigenvalue weighted by Crippen LogP contribution is -2.40. The maximum Gasteiger partial charge on any atom is 0.222 e. The fourth-order valence-corrected chi connectivity index (χ4v) is 3.91. The summed E-state index contributed by atoms with van der Waals surface area (Å²) >= 11 is 0. The molecule has 1 aromatic carbocycles. The van der Waals surface area contributed by atoms with Crippen molar-refractivity contribution in [2.75, 3.05) is 26.2 Å². The maximum atomic E-state index is 13.9. The van der Waals surface area contributed by atoms with Crippen molar-refractivity contribution in [2.45, 2.75) is 58.8 Å². The molecule has 2 rings (SSSR count). The van der Waals surface area contributed by atoms with Gasteiger partial charge in [0.2, 0.25) is 11.8 Å². The Hall–Kier alpha value is -2.31. The van der Waals surface area contributed by atoms with Crippen LogP contribution in [-0.4, -0.2) is 53.6 Å². The lowest BCUT2D eigenvalue weighted by molar-refractivity contribution is -0.133. The molecule has 1 aliphatic heterocycles. The molecule has 0 bridgehead atoms. The topological polar surface area (TPSA) is 57.7 Å². The Morgan fingerprint density at radius 2 is 1.67 bits per heavy atom. The molecule has 0 N–H and O–H groups in total. The summed E-state index contributed by atoms with van der Waals surface area (Å²) in [5.41, 5.74) is -0.220. The van der Waals surface area contributed by atoms with Crippen molar-refractivity contribution in [2.24, 2.45) is 5.92 Å². The smallest absolute Gasteiger partial charge is 0.222 e. The van der Waals surface area contributed by atoms with Gasteiger partial charge in [-0.15, -0.1) is 0 Å². The summed E-state index contributed by atoms with van der Waals surface area (Å²) in [6.45, 7) is 6.39. The molecule has 0 atom stereocenters. The first-order valence-electron chi connectivity index (χ1n) is 10.9. The fraction of sp³-hybridized carbons (Fsp3) is 0.609. The molecule has 166 valence electrons. The number of hydrogen-bond acceptors (Lipinski definition) is 3. The number of hydrogen-bond donors (Lipinski definition) is 0. The standard InChI is InChI=1S/C23H32F2N2O3/c1-3-12-26(13-4-2)21(28)6-5-7-22(29)27-14-10-17(11-15-27)23(30)19-16-18(24)8-9-20(19)25/h8-9,16-17H,3-7,10-15H2,1-2H3. The highest BCUT2D eigenvalue weighted by atomic mass is 19.1. The summed E-state index contributed by atoms with van der Waals surface area (Å²) in [5.74, 6) is -2.11. The third-order valence-electron chi connectivity index (χ3n) is 5.53. The van der Waals surface area contributed by atoms with Gasteiger partial charge in [0.05, 0.1) is 5.56 Å². The van der Waals surface area contributed by atoms with Crippen LogP contribution in [-0.2, 0) is 9.59 Å². The third-order valence-corrected chi connectivity index (χ3v) is 5.53. The number of benzene rings is 1. The first kappa shape index (κ1) is 24.0. The Kier molecular flexibility index (Phi) is 9.40. The van der Waals surface area contributed by atoms with Crippen molar-refractivity contribution >= 4 is 17.6 Å². The van der Waals surface area contributed by atoms with Gasteiger partial charge < -0.3 is 9.80 Å². The van der Waals surface area contributed by atoms with Gasteiger partial charge in [-0.05, 0) is 50.3 Å². The molecular formula is C23H32F2N2O3. The molecule has 1 aliphatic rings. The van der Waals surface area contributed by atoms with E-state index in [0.29, 0.717) is 45.2 Å². The largest absolute Gasteiger partial charge is 0.343 e. The number of halogens is 2. The van der Waals surface area contributed by atoms with Gasteiger partial charge in [-0.2, -0.15) is 0 Å². The molecule has 0 radical (unpaired) electrons. The minimum atomic E-state index is -0.718. The number of carbonyl (C=O) groups excluding carboxylic acids is 3. The van der Waals surface area contributed by atoms with E-state index in [2.05, 4.69) is 0 Å². The van der Waals surface area contributed by atoms with Crippen LogP contribution in [0.3, 0.4) is 0 Å². The van der Waals surface area contributed by atoms with Gasteiger partial charge in [0.1, 0.15) is 11.6 Å². The van der Waals surface area contributed by atoms with Crippen LogP contribution in [0.4, 0.5) is 8.78 Å². The van der Waals surface area contributed by atoms with E-state index in [-0.39, 0.29) is 17.4 Å². The number of likely N-dealkylation sites (tertiary alicyclic amines) is 1. The summed E-state index contributed by atoms with van der Waals surface area (Å²) in [6, 6.07) is 2.89. The zero-order valence-electron chi connectivity index (χ0n) is 18.0. The molecule has 1 saturated heterocycles. The van der Waals surface area contributed by atoms with Crippen molar-refractivity contribution in [3.05, 3.63) is 35.4 Å². The highest BCUT2D eigenvalue weighted by Crippen LogP contribution is 2.24. The molecule has 1 fully saturated rings. The van der Waals surface area contributed by atoms with E-state index < -0.39 is 23.3 Å². The van der Waals surface area contributed by atoms with E-state index in [1.807, 2.05) is 18.7 Å². The van der Waals surface area contributed by atoms with Crippen LogP contribution in [0.5, 0.6) is 0 Å². The molecule has 0 unspecified atom stereocenters. The highest BCUT2D eigenvalue weighted by molar-refractivity contribution is 5.98. The Morgan fingerprint density at radius 3 is 2.27 bits per heavy atom. The normalized spacial score (nSPS) is 14.6. The molecule has 0 aromatic heterocycles. The van der Waals surface area contributed by atoms with E-state index in [4.69, 9.17) is 0 Å². The van der Waals surface area contributed by atoms with Crippen LogP contribution in [0.25, 0.3) is 0 Å². The zero-order valence-corrected chi connectivity index (χ0v) is 18.0. The Bertz CT molecular complexity index is 740. The summed E-state index contributed by atoms with van der Waals surface area (Å²) in [6.07, 6.45) is 3.86. The number of rotatable bonds is 10. The Labute approximate surface area is 177 Å². The molecule has 30 heavy (non-hydrogen) atoms. The predicted molar refractivity (Wildman–Crippen MR) is 111 cm³/mol. The van der Waals surface area contributed by atoms with Crippen molar-refractivity contribution in [3.63, 3.8) is 0 Å². The quantitative estimate of drug-likeness (QED) is 0.531. The maximum absolute atomic E-state index is 13.9. The number of Topliss-reactive ketones (excluding diaryl/α,β-unsaturated/α-hetero) is 1. The Morgan fingerprint density at radius 1 is 1.03 bits per heavy atom. The molecule has 1 aromatic rings. The lowest BCUT2D eigenvalue weighted by atomic mass is 9.88. The van der Waals surface area contributed by atoms with Gasteiger partial charge in [0.25, 0.3) is 0 Å². The van der Waals surface area contributed by atoms with Gasteiger partial charge in [-0.25, -0.2) is 8.78 Å². The highest BCUT2D eigenvalue weighted by Gasteiger charge is 2.29. The molecule has 0 saturated carbocycles. The van der Waals surface area contributed by atoms with Gasteiger partial charge in [0, 0.05) is 44.9 Å². The molecule has 1 heterocycles. The van der Waals surface area contributed by atoms with E-state index in [1.54, 1.807) is 4.90 Å². The van der Waals surface area contributed by atoms with Crippen LogP contribution >= 0.6 is 0 Å². The third kappa shape index (κ3) is 6.61. The number of nitrogens with zero attached hydrogens (tertiary/aromatic N) is 2. The SMILES string of the molecule is CCCN(CCC)C(=O)CCCC(=O)N1CCC(C(=O)c2cc(F)ccc2F)CC1. The fourth-order valence-electron chi connectivity index (χ4n) is 3.91. The number of ketones is 1. The van der Waals surface area contributed by atoms with Crippen molar-refractivity contribution < 1.29 is 23.2 Å². The van der Waals surface area contributed by atoms with E-state index in [1.165, 1.54) is 0 Å². The van der Waals surface area contributed by atoms with E-state index in [9.17, 15) is 23.2 Å². The molecule has 7 heteroatoms. The van der Waals surface area contributed by atoms with Crippen molar-refractivity contribution in [3.8, 4) is 0 Å². The summed E-state index contributed by atoms with van der Waals surface area (Å²) in [5, 5.41) is 0. The minimum Gasteiger partial charge on any atom is -0.343 e. The van der Waals surface area contributed by atoms with Crippen LogP contribution in [0.1, 0.15) is 69.2 Å². The molecule has 2 amide bonds. The molecule has 0 aliphatic carbocycles. The first-order chi connectivity index (χ1) is 14.4. The summed E-state index contributed by atoms with van der Waals surface area (Å²) in [4.78, 5) is 40.8. The minimum absolute atomic E-state index is 0.0248. The molecular weight excluding hydrogens is 390 g/mol. The van der Waals surface area contributed by atoms with Gasteiger partial charge in [-0.3, -0.25) is 14.4 Å². The monoisotopic (exact) mass is 422 g/mol. The molecule has 5 nitrogen and oxygen atoms in total. The van der Waals surface area contributed by atoms with Crippen molar-refractivity contribution in [1.82, 2.24) is 9.80 Å². The Balaban J connectivity index is 1.78. The number of amides is 2. The van der Waals surface area contributed by atoms with Crippen molar-refractivity contribution in [1.29, 1.82) is 0 Å². The zero-order chi connectivity index (χ0) is 22.1. The van der Waals surface area contributed by atoms with Gasteiger partial charge in [-0.1, -0.05) is 13.8 Å². The average Bonchev–Trinajstić information content (AvgIpc) is 2.74.